The van der Waals surface area contributed by atoms with Crippen LogP contribution in [0, 0.1) is 20.8 Å². The summed E-state index contributed by atoms with van der Waals surface area (Å²) in [6.45, 7) is 7.95. The maximum Gasteiger partial charge on any atom is 0.164 e. The molecule has 4 rings (SSSR count). The molecule has 134 valence electrons. The van der Waals surface area contributed by atoms with Gasteiger partial charge in [-0.1, -0.05) is 5.16 Å². The number of rotatable bonds is 4. The Hall–Kier alpha value is -2.60. The van der Waals surface area contributed by atoms with E-state index in [1.54, 1.807) is 0 Å². The molecule has 0 bridgehead atoms. The van der Waals surface area contributed by atoms with Crippen LogP contribution in [0.2, 0.25) is 0 Å². The van der Waals surface area contributed by atoms with E-state index in [9.17, 15) is 0 Å². The summed E-state index contributed by atoms with van der Waals surface area (Å²) in [6.07, 6.45) is 7.94. The van der Waals surface area contributed by atoms with E-state index in [-0.39, 0.29) is 0 Å². The van der Waals surface area contributed by atoms with Gasteiger partial charge < -0.3 is 4.52 Å². The van der Waals surface area contributed by atoms with Crippen molar-refractivity contribution in [3.05, 3.63) is 59.0 Å². The number of likely N-dealkylation sites (tertiary alicyclic amines) is 1. The summed E-state index contributed by atoms with van der Waals surface area (Å²) >= 11 is 0. The Bertz CT molecular complexity index is 901. The topological polar surface area (TPSA) is 67.9 Å². The minimum Gasteiger partial charge on any atom is -0.361 e. The summed E-state index contributed by atoms with van der Waals surface area (Å²) in [7, 11) is 0. The van der Waals surface area contributed by atoms with Crippen molar-refractivity contribution in [1.29, 1.82) is 0 Å². The van der Waals surface area contributed by atoms with Crippen LogP contribution >= 0.6 is 0 Å². The van der Waals surface area contributed by atoms with E-state index in [1.165, 1.54) is 17.5 Å². The molecule has 0 aromatic carbocycles. The highest BCUT2D eigenvalue weighted by Crippen LogP contribution is 2.33. The van der Waals surface area contributed by atoms with Gasteiger partial charge in [-0.2, -0.15) is 0 Å². The van der Waals surface area contributed by atoms with Crippen molar-refractivity contribution in [2.24, 2.45) is 0 Å². The van der Waals surface area contributed by atoms with Crippen LogP contribution in [0.15, 0.2) is 35.2 Å². The summed E-state index contributed by atoms with van der Waals surface area (Å²) in [5.41, 5.74) is 5.36. The quantitative estimate of drug-likeness (QED) is 0.714. The van der Waals surface area contributed by atoms with Crippen LogP contribution in [0.5, 0.6) is 0 Å². The van der Waals surface area contributed by atoms with Gasteiger partial charge in [0.05, 0.1) is 23.0 Å². The van der Waals surface area contributed by atoms with E-state index < -0.39 is 0 Å². The molecule has 3 aromatic heterocycles. The fourth-order valence-electron chi connectivity index (χ4n) is 3.73. The Morgan fingerprint density at radius 3 is 2.85 bits per heavy atom. The first-order chi connectivity index (χ1) is 12.6. The molecule has 6 heteroatoms. The molecule has 4 heterocycles. The highest BCUT2D eigenvalue weighted by Gasteiger charge is 2.28. The number of hydrogen-bond donors (Lipinski definition) is 0. The van der Waals surface area contributed by atoms with Crippen LogP contribution in [0.4, 0.5) is 0 Å². The fourth-order valence-corrected chi connectivity index (χ4v) is 3.73. The lowest BCUT2D eigenvalue weighted by Crippen LogP contribution is -2.24. The monoisotopic (exact) mass is 349 g/mol. The molecule has 0 amide bonds. The zero-order valence-electron chi connectivity index (χ0n) is 15.4. The zero-order chi connectivity index (χ0) is 18.1. The van der Waals surface area contributed by atoms with Crippen molar-refractivity contribution in [3.63, 3.8) is 0 Å². The first-order valence-electron chi connectivity index (χ1n) is 9.03. The van der Waals surface area contributed by atoms with Crippen molar-refractivity contribution in [2.75, 3.05) is 6.54 Å². The highest BCUT2D eigenvalue weighted by atomic mass is 16.5. The average molecular weight is 349 g/mol. The molecule has 6 nitrogen and oxygen atoms in total. The maximum absolute atomic E-state index is 5.28. The van der Waals surface area contributed by atoms with Crippen LogP contribution in [0.1, 0.15) is 47.2 Å². The zero-order valence-corrected chi connectivity index (χ0v) is 15.4. The molecule has 1 aliphatic rings. The number of pyridine rings is 1. The maximum atomic E-state index is 5.28. The van der Waals surface area contributed by atoms with Gasteiger partial charge in [-0.05, 0) is 63.4 Å². The Balaban J connectivity index is 1.62. The van der Waals surface area contributed by atoms with Crippen LogP contribution < -0.4 is 0 Å². The van der Waals surface area contributed by atoms with Gasteiger partial charge >= 0.3 is 0 Å². The third-order valence-electron chi connectivity index (χ3n) is 5.15. The second kappa shape index (κ2) is 6.96. The van der Waals surface area contributed by atoms with Crippen LogP contribution in [0.25, 0.3) is 11.4 Å². The normalized spacial score (nSPS) is 17.7. The minimum absolute atomic E-state index is 0.310. The molecule has 0 spiro atoms. The molecule has 0 aliphatic carbocycles. The standard InChI is InChI=1S/C20H23N5O/c1-13-11-21-8-6-16(13)12-25-10-4-5-18(25)17-7-9-22-20(23-17)19-14(2)24-26-15(19)3/h6-9,11,18H,4-5,10,12H2,1-3H3. The van der Waals surface area contributed by atoms with Crippen LogP contribution in [-0.2, 0) is 6.54 Å². The molecule has 1 fully saturated rings. The van der Waals surface area contributed by atoms with Crippen molar-refractivity contribution in [2.45, 2.75) is 46.2 Å². The predicted molar refractivity (Wildman–Crippen MR) is 98.4 cm³/mol. The largest absolute Gasteiger partial charge is 0.361 e. The molecule has 0 N–H and O–H groups in total. The molecule has 1 aliphatic heterocycles. The third-order valence-corrected chi connectivity index (χ3v) is 5.15. The Morgan fingerprint density at radius 1 is 1.19 bits per heavy atom. The second-order valence-electron chi connectivity index (χ2n) is 6.93. The predicted octanol–water partition coefficient (Wildman–Crippen LogP) is 3.79. The summed E-state index contributed by atoms with van der Waals surface area (Å²) in [6, 6.07) is 4.45. The lowest BCUT2D eigenvalue weighted by molar-refractivity contribution is 0.244. The van der Waals surface area contributed by atoms with E-state index in [0.29, 0.717) is 11.9 Å². The molecule has 1 atom stereocenters. The molecule has 1 unspecified atom stereocenters. The first kappa shape index (κ1) is 16.8. The van der Waals surface area contributed by atoms with Gasteiger partial charge in [0.15, 0.2) is 5.82 Å². The minimum atomic E-state index is 0.310. The third kappa shape index (κ3) is 3.12. The van der Waals surface area contributed by atoms with Crippen LogP contribution in [-0.4, -0.2) is 31.6 Å². The van der Waals surface area contributed by atoms with Crippen LogP contribution in [0.3, 0.4) is 0 Å². The Kier molecular flexibility index (Phi) is 4.51. The molecule has 26 heavy (non-hydrogen) atoms. The fraction of sp³-hybridized carbons (Fsp3) is 0.400. The molecule has 1 saturated heterocycles. The Morgan fingerprint density at radius 2 is 2.08 bits per heavy atom. The van der Waals surface area contributed by atoms with Gasteiger partial charge in [0.1, 0.15) is 5.76 Å². The smallest absolute Gasteiger partial charge is 0.164 e. The highest BCUT2D eigenvalue weighted by molar-refractivity contribution is 5.59. The van der Waals surface area contributed by atoms with Gasteiger partial charge in [0.25, 0.3) is 0 Å². The molecular formula is C20H23N5O. The Labute approximate surface area is 153 Å². The van der Waals surface area contributed by atoms with Crippen molar-refractivity contribution in [3.8, 4) is 11.4 Å². The lowest BCUT2D eigenvalue weighted by Gasteiger charge is -2.25. The number of aromatic nitrogens is 4. The first-order valence-corrected chi connectivity index (χ1v) is 9.03. The summed E-state index contributed by atoms with van der Waals surface area (Å²) in [4.78, 5) is 16.0. The summed E-state index contributed by atoms with van der Waals surface area (Å²) in [5, 5.41) is 4.03. The van der Waals surface area contributed by atoms with Gasteiger partial charge in [-0.15, -0.1) is 0 Å². The van der Waals surface area contributed by atoms with Crippen molar-refractivity contribution in [1.82, 2.24) is 25.0 Å². The number of hydrogen-bond acceptors (Lipinski definition) is 6. The summed E-state index contributed by atoms with van der Waals surface area (Å²) < 4.78 is 5.28. The second-order valence-corrected chi connectivity index (χ2v) is 6.93. The average Bonchev–Trinajstić information content (AvgIpc) is 3.23. The van der Waals surface area contributed by atoms with E-state index in [1.807, 2.05) is 38.5 Å². The van der Waals surface area contributed by atoms with Gasteiger partial charge in [0.2, 0.25) is 0 Å². The molecule has 0 radical (unpaired) electrons. The van der Waals surface area contributed by atoms with Gasteiger partial charge in [0, 0.05) is 25.1 Å². The van der Waals surface area contributed by atoms with Gasteiger partial charge in [-0.25, -0.2) is 9.97 Å². The lowest BCUT2D eigenvalue weighted by atomic mass is 10.1. The van der Waals surface area contributed by atoms with E-state index in [0.717, 1.165) is 42.2 Å². The van der Waals surface area contributed by atoms with E-state index in [2.05, 4.69) is 33.0 Å². The SMILES string of the molecule is Cc1cnccc1CN1CCCC1c1ccnc(-c2c(C)noc2C)n1. The number of aryl methyl sites for hydroxylation is 3. The van der Waals surface area contributed by atoms with Gasteiger partial charge in [-0.3, -0.25) is 9.88 Å². The molecular weight excluding hydrogens is 326 g/mol. The van der Waals surface area contributed by atoms with Crippen molar-refractivity contribution < 1.29 is 4.52 Å². The van der Waals surface area contributed by atoms with E-state index in [4.69, 9.17) is 9.51 Å². The summed E-state index contributed by atoms with van der Waals surface area (Å²) in [5.74, 6) is 1.46. The molecule has 3 aromatic rings. The van der Waals surface area contributed by atoms with Crippen molar-refractivity contribution >= 4 is 0 Å². The van der Waals surface area contributed by atoms with E-state index >= 15 is 0 Å². The molecule has 0 saturated carbocycles. The number of nitrogens with zero attached hydrogens (tertiary/aromatic N) is 5.